The average Bonchev–Trinajstić information content (AvgIpc) is 3.18. The fourth-order valence-electron chi connectivity index (χ4n) is 2.91. The van der Waals surface area contributed by atoms with Crippen molar-refractivity contribution in [1.82, 2.24) is 10.2 Å². The van der Waals surface area contributed by atoms with Crippen molar-refractivity contribution in [3.05, 3.63) is 35.4 Å². The van der Waals surface area contributed by atoms with Crippen LogP contribution in [0.1, 0.15) is 30.4 Å². The lowest BCUT2D eigenvalue weighted by molar-refractivity contribution is 0.107. The molecule has 0 spiro atoms. The quantitative estimate of drug-likeness (QED) is 0.825. The van der Waals surface area contributed by atoms with Crippen molar-refractivity contribution in [3.8, 4) is 0 Å². The maximum Gasteiger partial charge on any atom is 0.0710 e. The molecule has 1 saturated heterocycles. The molecule has 1 heterocycles. The second-order valence-corrected chi connectivity index (χ2v) is 6.18. The number of rotatable bonds is 7. The van der Waals surface area contributed by atoms with Gasteiger partial charge in [0.25, 0.3) is 0 Å². The van der Waals surface area contributed by atoms with Crippen molar-refractivity contribution in [2.75, 3.05) is 26.7 Å². The first-order valence-corrected chi connectivity index (χ1v) is 7.90. The zero-order chi connectivity index (χ0) is 13.8. The van der Waals surface area contributed by atoms with Gasteiger partial charge in [0.15, 0.2) is 0 Å². The highest BCUT2D eigenvalue weighted by Gasteiger charge is 2.21. The molecular weight excluding hydrogens is 248 g/mol. The molecule has 1 N–H and O–H groups in total. The molecule has 0 amide bonds. The number of nitrogens with one attached hydrogen (secondary N) is 1. The number of hydrogen-bond donors (Lipinski definition) is 1. The van der Waals surface area contributed by atoms with E-state index in [0.717, 1.165) is 38.6 Å². The summed E-state index contributed by atoms with van der Waals surface area (Å²) in [6.45, 7) is 4.40. The molecule has 3 nitrogen and oxygen atoms in total. The molecule has 2 fully saturated rings. The third-order valence-corrected chi connectivity index (χ3v) is 4.42. The minimum atomic E-state index is 0.433. The lowest BCUT2D eigenvalue weighted by Gasteiger charge is -2.15. The summed E-state index contributed by atoms with van der Waals surface area (Å²) in [5, 5.41) is 3.57. The van der Waals surface area contributed by atoms with Crippen LogP contribution in [0.2, 0.25) is 0 Å². The van der Waals surface area contributed by atoms with Crippen LogP contribution in [0, 0.1) is 0 Å². The SMILES string of the molecule is COC1CCN(Cc2ccc(CCNC3CC3)cc2)C1. The Labute approximate surface area is 122 Å². The van der Waals surface area contributed by atoms with Crippen LogP contribution in [0.3, 0.4) is 0 Å². The first-order valence-electron chi connectivity index (χ1n) is 7.90. The average molecular weight is 274 g/mol. The van der Waals surface area contributed by atoms with Gasteiger partial charge >= 0.3 is 0 Å². The minimum Gasteiger partial charge on any atom is -0.380 e. The third-order valence-electron chi connectivity index (χ3n) is 4.42. The van der Waals surface area contributed by atoms with E-state index in [-0.39, 0.29) is 0 Å². The fourth-order valence-corrected chi connectivity index (χ4v) is 2.91. The molecule has 1 atom stereocenters. The minimum absolute atomic E-state index is 0.433. The van der Waals surface area contributed by atoms with Gasteiger partial charge in [0.2, 0.25) is 0 Å². The summed E-state index contributed by atoms with van der Waals surface area (Å²) < 4.78 is 5.42. The van der Waals surface area contributed by atoms with Crippen LogP contribution in [-0.2, 0) is 17.7 Å². The van der Waals surface area contributed by atoms with Crippen LogP contribution in [0.25, 0.3) is 0 Å². The van der Waals surface area contributed by atoms with Crippen LogP contribution < -0.4 is 5.32 Å². The van der Waals surface area contributed by atoms with E-state index >= 15 is 0 Å². The number of nitrogens with zero attached hydrogens (tertiary/aromatic N) is 1. The van der Waals surface area contributed by atoms with E-state index in [9.17, 15) is 0 Å². The Morgan fingerprint density at radius 3 is 2.55 bits per heavy atom. The highest BCUT2D eigenvalue weighted by Crippen LogP contribution is 2.19. The second-order valence-electron chi connectivity index (χ2n) is 6.18. The zero-order valence-electron chi connectivity index (χ0n) is 12.5. The smallest absolute Gasteiger partial charge is 0.0710 e. The molecule has 110 valence electrons. The van der Waals surface area contributed by atoms with Crippen LogP contribution in [-0.4, -0.2) is 43.8 Å². The molecule has 0 radical (unpaired) electrons. The first-order chi connectivity index (χ1) is 9.83. The van der Waals surface area contributed by atoms with Crippen LogP contribution >= 0.6 is 0 Å². The van der Waals surface area contributed by atoms with E-state index in [1.54, 1.807) is 0 Å². The molecule has 1 unspecified atom stereocenters. The van der Waals surface area contributed by atoms with Crippen LogP contribution in [0.15, 0.2) is 24.3 Å². The Morgan fingerprint density at radius 1 is 1.15 bits per heavy atom. The molecule has 3 heteroatoms. The summed E-state index contributed by atoms with van der Waals surface area (Å²) in [7, 11) is 1.82. The molecular formula is C17H26N2O. The standard InChI is InChI=1S/C17H26N2O/c1-20-17-9-11-19(13-17)12-15-4-2-14(3-5-15)8-10-18-16-6-7-16/h2-5,16-18H,6-13H2,1H3. The molecule has 0 bridgehead atoms. The van der Waals surface area contributed by atoms with Crippen molar-refractivity contribution in [2.24, 2.45) is 0 Å². The Kier molecular flexibility index (Phi) is 4.71. The van der Waals surface area contributed by atoms with Crippen molar-refractivity contribution in [3.63, 3.8) is 0 Å². The van der Waals surface area contributed by atoms with E-state index < -0.39 is 0 Å². The largest absolute Gasteiger partial charge is 0.380 e. The van der Waals surface area contributed by atoms with Gasteiger partial charge in [0.05, 0.1) is 6.10 Å². The number of methoxy groups -OCH3 is 1. The Bertz CT molecular complexity index is 414. The van der Waals surface area contributed by atoms with E-state index in [2.05, 4.69) is 34.5 Å². The lowest BCUT2D eigenvalue weighted by atomic mass is 10.1. The predicted molar refractivity (Wildman–Crippen MR) is 81.9 cm³/mol. The van der Waals surface area contributed by atoms with Gasteiger partial charge in [-0.05, 0) is 43.4 Å². The van der Waals surface area contributed by atoms with Gasteiger partial charge in [-0.15, -0.1) is 0 Å². The molecule has 3 rings (SSSR count). The van der Waals surface area contributed by atoms with Gasteiger partial charge < -0.3 is 10.1 Å². The molecule has 2 aliphatic rings. The third kappa shape index (κ3) is 4.05. The molecule has 0 aromatic heterocycles. The van der Waals surface area contributed by atoms with E-state index in [1.165, 1.54) is 30.4 Å². The van der Waals surface area contributed by atoms with E-state index in [0.29, 0.717) is 6.10 Å². The van der Waals surface area contributed by atoms with Gasteiger partial charge in [0.1, 0.15) is 0 Å². The Balaban J connectivity index is 1.43. The summed E-state index contributed by atoms with van der Waals surface area (Å²) in [6, 6.07) is 9.96. The van der Waals surface area contributed by atoms with Crippen molar-refractivity contribution >= 4 is 0 Å². The van der Waals surface area contributed by atoms with Gasteiger partial charge in [-0.3, -0.25) is 4.90 Å². The van der Waals surface area contributed by atoms with Crippen LogP contribution in [0.5, 0.6) is 0 Å². The molecule has 1 aliphatic heterocycles. The normalized spacial score (nSPS) is 23.4. The number of hydrogen-bond acceptors (Lipinski definition) is 3. The lowest BCUT2D eigenvalue weighted by Crippen LogP contribution is -2.22. The highest BCUT2D eigenvalue weighted by molar-refractivity contribution is 5.23. The van der Waals surface area contributed by atoms with E-state index in [1.807, 2.05) is 7.11 Å². The summed E-state index contributed by atoms with van der Waals surface area (Å²) in [6.07, 6.45) is 5.49. The zero-order valence-corrected chi connectivity index (χ0v) is 12.5. The molecule has 1 aromatic carbocycles. The van der Waals surface area contributed by atoms with Gasteiger partial charge in [0, 0.05) is 32.8 Å². The topological polar surface area (TPSA) is 24.5 Å². The molecule has 1 aromatic rings. The Hall–Kier alpha value is -0.900. The van der Waals surface area contributed by atoms with Crippen molar-refractivity contribution in [1.29, 1.82) is 0 Å². The summed E-state index contributed by atoms with van der Waals surface area (Å²) >= 11 is 0. The second kappa shape index (κ2) is 6.70. The number of likely N-dealkylation sites (tertiary alicyclic amines) is 1. The van der Waals surface area contributed by atoms with E-state index in [4.69, 9.17) is 4.74 Å². The summed E-state index contributed by atoms with van der Waals surface area (Å²) in [4.78, 5) is 2.48. The van der Waals surface area contributed by atoms with Crippen molar-refractivity contribution in [2.45, 2.75) is 44.4 Å². The number of benzene rings is 1. The fraction of sp³-hybridized carbons (Fsp3) is 0.647. The van der Waals surface area contributed by atoms with Crippen molar-refractivity contribution < 1.29 is 4.74 Å². The first kappa shape index (κ1) is 14.1. The summed E-state index contributed by atoms with van der Waals surface area (Å²) in [5.41, 5.74) is 2.86. The molecule has 1 aliphatic carbocycles. The predicted octanol–water partition coefficient (Wildman–Crippen LogP) is 2.20. The monoisotopic (exact) mass is 274 g/mol. The molecule has 20 heavy (non-hydrogen) atoms. The molecule has 1 saturated carbocycles. The van der Waals surface area contributed by atoms with Gasteiger partial charge in [-0.2, -0.15) is 0 Å². The maximum absolute atomic E-state index is 5.42. The summed E-state index contributed by atoms with van der Waals surface area (Å²) in [5.74, 6) is 0. The highest BCUT2D eigenvalue weighted by atomic mass is 16.5. The van der Waals surface area contributed by atoms with Gasteiger partial charge in [-0.25, -0.2) is 0 Å². The van der Waals surface area contributed by atoms with Gasteiger partial charge in [-0.1, -0.05) is 24.3 Å². The Morgan fingerprint density at radius 2 is 1.90 bits per heavy atom. The number of ether oxygens (including phenoxy) is 1. The van der Waals surface area contributed by atoms with Crippen LogP contribution in [0.4, 0.5) is 0 Å². The maximum atomic E-state index is 5.42.